The Kier molecular flexibility index (Phi) is 9.31. The van der Waals surface area contributed by atoms with E-state index in [1.165, 1.54) is 0 Å². The first-order valence-corrected chi connectivity index (χ1v) is 13.0. The summed E-state index contributed by atoms with van der Waals surface area (Å²) in [5.41, 5.74) is -0.314. The van der Waals surface area contributed by atoms with Gasteiger partial charge in [0.2, 0.25) is 16.0 Å². The number of sulfonamides is 1. The Morgan fingerprint density at radius 1 is 0.971 bits per heavy atom. The lowest BCUT2D eigenvalue weighted by atomic mass is 10.1. The van der Waals surface area contributed by atoms with Crippen molar-refractivity contribution in [2.45, 2.75) is 83.8 Å². The molecule has 1 aliphatic rings. The molecule has 1 unspecified atom stereocenters. The van der Waals surface area contributed by atoms with Gasteiger partial charge in [-0.25, -0.2) is 23.0 Å². The van der Waals surface area contributed by atoms with E-state index in [1.807, 2.05) is 6.08 Å². The lowest BCUT2D eigenvalue weighted by molar-refractivity contribution is 0.0545. The van der Waals surface area contributed by atoms with Crippen molar-refractivity contribution < 1.29 is 27.5 Å². The summed E-state index contributed by atoms with van der Waals surface area (Å²) in [5, 5.41) is 4.30. The van der Waals surface area contributed by atoms with Crippen molar-refractivity contribution in [2.75, 3.05) is 4.72 Å². The number of guanidine groups is 1. The zero-order chi connectivity index (χ0) is 26.3. The number of nitrogens with zero attached hydrogens (tertiary/aromatic N) is 1. The lowest BCUT2D eigenvalue weighted by Crippen LogP contribution is -2.47. The zero-order valence-electron chi connectivity index (χ0n) is 21.2. The Balaban J connectivity index is 2.09. The first-order valence-electron chi connectivity index (χ1n) is 11.4. The topological polar surface area (TPSA) is 135 Å². The number of ether oxygens (including phenoxy) is 2. The molecule has 2 rings (SSSR count). The average Bonchev–Trinajstić information content (AvgIpc) is 2.70. The van der Waals surface area contributed by atoms with Crippen molar-refractivity contribution in [3.05, 3.63) is 42.0 Å². The van der Waals surface area contributed by atoms with Crippen LogP contribution in [0.2, 0.25) is 0 Å². The first kappa shape index (κ1) is 28.2. The first-order chi connectivity index (χ1) is 16.1. The number of alkyl carbamates (subject to hydrolysis) is 2. The maximum atomic E-state index is 12.6. The van der Waals surface area contributed by atoms with Crippen LogP contribution in [0.25, 0.3) is 0 Å². The monoisotopic (exact) mass is 508 g/mol. The third-order valence-corrected chi connectivity index (χ3v) is 6.19. The molecule has 0 aromatic heterocycles. The highest BCUT2D eigenvalue weighted by atomic mass is 32.2. The van der Waals surface area contributed by atoms with Crippen LogP contribution in [0.4, 0.5) is 15.3 Å². The van der Waals surface area contributed by atoms with Gasteiger partial charge in [-0.2, -0.15) is 0 Å². The maximum Gasteiger partial charge on any atom is 0.414 e. The van der Waals surface area contributed by atoms with Crippen LogP contribution >= 0.6 is 0 Å². The number of anilines is 1. The molecule has 10 nitrogen and oxygen atoms in total. The fourth-order valence-corrected chi connectivity index (χ4v) is 4.45. The van der Waals surface area contributed by atoms with E-state index < -0.39 is 38.7 Å². The Labute approximate surface area is 207 Å². The minimum absolute atomic E-state index is 0.0965. The third-order valence-electron chi connectivity index (χ3n) is 4.48. The molecule has 0 heterocycles. The minimum Gasteiger partial charge on any atom is -0.444 e. The van der Waals surface area contributed by atoms with Crippen molar-refractivity contribution in [2.24, 2.45) is 4.99 Å². The molecule has 2 amide bonds. The number of hydrogen-bond acceptors (Lipinski definition) is 7. The van der Waals surface area contributed by atoms with Crippen molar-refractivity contribution in [3.63, 3.8) is 0 Å². The summed E-state index contributed by atoms with van der Waals surface area (Å²) in [7, 11) is -3.52. The molecule has 194 valence electrons. The molecule has 1 aliphatic carbocycles. The number of nitrogens with one attached hydrogen (secondary N) is 3. The second-order valence-electron chi connectivity index (χ2n) is 10.2. The van der Waals surface area contributed by atoms with E-state index in [-0.39, 0.29) is 12.5 Å². The smallest absolute Gasteiger partial charge is 0.414 e. The summed E-state index contributed by atoms with van der Waals surface area (Å²) in [6.45, 7) is 10.4. The highest BCUT2D eigenvalue weighted by Crippen LogP contribution is 2.21. The molecule has 0 aliphatic heterocycles. The van der Waals surface area contributed by atoms with Crippen LogP contribution < -0.4 is 15.4 Å². The third kappa shape index (κ3) is 10.8. The maximum absolute atomic E-state index is 12.6. The highest BCUT2D eigenvalue weighted by Gasteiger charge is 2.24. The largest absolute Gasteiger partial charge is 0.444 e. The summed E-state index contributed by atoms with van der Waals surface area (Å²) in [4.78, 5) is 28.6. The number of hydrogen-bond donors (Lipinski definition) is 3. The van der Waals surface area contributed by atoms with E-state index in [9.17, 15) is 18.0 Å². The fourth-order valence-electron chi connectivity index (χ4n) is 3.04. The van der Waals surface area contributed by atoms with E-state index in [1.54, 1.807) is 71.9 Å². The van der Waals surface area contributed by atoms with E-state index in [0.717, 1.165) is 18.4 Å². The van der Waals surface area contributed by atoms with Gasteiger partial charge in [-0.3, -0.25) is 15.4 Å². The van der Waals surface area contributed by atoms with Gasteiger partial charge >= 0.3 is 12.2 Å². The van der Waals surface area contributed by atoms with E-state index >= 15 is 0 Å². The van der Waals surface area contributed by atoms with E-state index in [4.69, 9.17) is 9.47 Å². The number of carbonyl (C=O) groups excluding carboxylic acids is 2. The molecule has 0 spiro atoms. The number of amides is 2. The molecule has 0 bridgehead atoms. The van der Waals surface area contributed by atoms with E-state index in [0.29, 0.717) is 12.1 Å². The lowest BCUT2D eigenvalue weighted by Gasteiger charge is -2.22. The molecule has 35 heavy (non-hydrogen) atoms. The van der Waals surface area contributed by atoms with Crippen molar-refractivity contribution in [1.29, 1.82) is 0 Å². The van der Waals surface area contributed by atoms with E-state index in [2.05, 4.69) is 20.3 Å². The Hall–Kier alpha value is -3.08. The summed E-state index contributed by atoms with van der Waals surface area (Å²) in [6, 6.07) is 6.68. The highest BCUT2D eigenvalue weighted by molar-refractivity contribution is 7.93. The van der Waals surface area contributed by atoms with Crippen LogP contribution in [0.1, 0.15) is 66.4 Å². The summed E-state index contributed by atoms with van der Waals surface area (Å²) in [5.74, 6) is -0.137. The van der Waals surface area contributed by atoms with Crippen molar-refractivity contribution in [1.82, 2.24) is 10.6 Å². The van der Waals surface area contributed by atoms with Crippen molar-refractivity contribution in [3.8, 4) is 0 Å². The molecular weight excluding hydrogens is 472 g/mol. The summed E-state index contributed by atoms with van der Waals surface area (Å²) >= 11 is 0. The van der Waals surface area contributed by atoms with Crippen molar-refractivity contribution >= 4 is 33.9 Å². The normalized spacial score (nSPS) is 16.1. The molecule has 0 fully saturated rings. The Bertz CT molecular complexity index is 1020. The molecular formula is C24H36N4O6S. The summed E-state index contributed by atoms with van der Waals surface area (Å²) < 4.78 is 38.2. The number of carbonyl (C=O) groups is 2. The van der Waals surface area contributed by atoms with Gasteiger partial charge in [-0.05, 0) is 78.5 Å². The van der Waals surface area contributed by atoms with Gasteiger partial charge in [-0.15, -0.1) is 0 Å². The molecule has 0 saturated heterocycles. The van der Waals surface area contributed by atoms with Gasteiger partial charge in [0.15, 0.2) is 0 Å². The van der Waals surface area contributed by atoms with Crippen LogP contribution in [0, 0.1) is 0 Å². The van der Waals surface area contributed by atoms with Gasteiger partial charge in [0.05, 0.1) is 11.8 Å². The zero-order valence-corrected chi connectivity index (χ0v) is 22.0. The second kappa shape index (κ2) is 11.6. The second-order valence-corrected chi connectivity index (χ2v) is 12.1. The van der Waals surface area contributed by atoms with Gasteiger partial charge in [-0.1, -0.05) is 24.3 Å². The molecule has 0 saturated carbocycles. The molecule has 11 heteroatoms. The van der Waals surface area contributed by atoms with Gasteiger partial charge in [0.25, 0.3) is 0 Å². The predicted octanol–water partition coefficient (Wildman–Crippen LogP) is 4.44. The van der Waals surface area contributed by atoms with Gasteiger partial charge < -0.3 is 9.47 Å². The Morgan fingerprint density at radius 2 is 1.51 bits per heavy atom. The number of aliphatic imine (C=N–C) groups is 1. The van der Waals surface area contributed by atoms with Crippen LogP contribution in [-0.4, -0.2) is 43.0 Å². The standard InChI is InChI=1S/C24H36N4O6S/c1-23(2,3)33-21(29)26-20(27-22(30)34-24(4,5)6)25-16-17-12-14-18(15-13-17)28-35(31,32)19-10-8-7-9-11-19/h8,10,12-15,19,28H,7,9,11,16H2,1-6H3,(H2,25,26,27,29,30). The minimum atomic E-state index is -3.52. The van der Waals surface area contributed by atoms with Crippen LogP contribution in [0.3, 0.4) is 0 Å². The molecule has 1 atom stereocenters. The number of allylic oxidation sites excluding steroid dienone is 1. The Morgan fingerprint density at radius 3 is 1.97 bits per heavy atom. The molecule has 1 aromatic carbocycles. The SMILES string of the molecule is CC(C)(C)OC(=O)NC(=NCc1ccc(NS(=O)(=O)C2C=CCCC2)cc1)NC(=O)OC(C)(C)C. The molecule has 1 aromatic rings. The average molecular weight is 509 g/mol. The number of rotatable bonds is 5. The molecule has 0 radical (unpaired) electrons. The molecule has 3 N–H and O–H groups in total. The number of benzene rings is 1. The quantitative estimate of drug-likeness (QED) is 0.306. The van der Waals surface area contributed by atoms with Gasteiger partial charge in [0.1, 0.15) is 11.2 Å². The van der Waals surface area contributed by atoms with Crippen LogP contribution in [0.15, 0.2) is 41.4 Å². The predicted molar refractivity (Wildman–Crippen MR) is 136 cm³/mol. The van der Waals surface area contributed by atoms with Crippen LogP contribution in [0.5, 0.6) is 0 Å². The summed E-state index contributed by atoms with van der Waals surface area (Å²) in [6.07, 6.45) is 4.39. The fraction of sp³-hybridized carbons (Fsp3) is 0.542. The van der Waals surface area contributed by atoms with Crippen LogP contribution in [-0.2, 0) is 26.0 Å². The van der Waals surface area contributed by atoms with Gasteiger partial charge in [0, 0.05) is 5.69 Å².